The van der Waals surface area contributed by atoms with Crippen LogP contribution in [-0.4, -0.2) is 30.0 Å². The number of hydrogen-bond acceptors (Lipinski definition) is 0. The van der Waals surface area contributed by atoms with Crippen LogP contribution < -0.4 is 35.4 Å². The molecule has 0 nitrogen and oxygen atoms in total. The molecular formula is C45H36Cl4P2Pt. The normalized spacial score (nSPS) is 13.1. The van der Waals surface area contributed by atoms with Crippen molar-refractivity contribution in [3.8, 4) is 22.3 Å². The van der Waals surface area contributed by atoms with Crippen LogP contribution in [0.1, 0.15) is 0 Å². The van der Waals surface area contributed by atoms with Gasteiger partial charge >= 0.3 is 21.1 Å². The average molecular weight is 976 g/mol. The largest absolute Gasteiger partial charge is 2.00 e. The van der Waals surface area contributed by atoms with E-state index in [4.69, 9.17) is 23.2 Å². The first-order chi connectivity index (χ1) is 24.2. The Morgan fingerprint density at radius 2 is 0.654 bits per heavy atom. The van der Waals surface area contributed by atoms with Crippen molar-refractivity contribution in [2.24, 2.45) is 0 Å². The SMILES string of the molecule is ClCCl.[Cl-].[Cl-].[Pt+2].c1ccc2c(-c3c(P4CC4)ccc4ccccc34)cccc2c1.c1ccc2c(-c3c(P4CC4)ccc4ccccc34)cccc2c1. The Hall–Kier alpha value is -2.49. The van der Waals surface area contributed by atoms with Gasteiger partial charge in [-0.1, -0.05) is 174 Å². The minimum absolute atomic E-state index is 0. The van der Waals surface area contributed by atoms with E-state index in [1.54, 1.807) is 10.6 Å². The van der Waals surface area contributed by atoms with Crippen molar-refractivity contribution < 1.29 is 45.9 Å². The minimum atomic E-state index is 0. The third-order valence-electron chi connectivity index (χ3n) is 9.51. The number of fused-ring (bicyclic) bond motifs is 4. The fourth-order valence-electron chi connectivity index (χ4n) is 7.08. The van der Waals surface area contributed by atoms with Crippen molar-refractivity contribution in [1.29, 1.82) is 0 Å². The topological polar surface area (TPSA) is 0 Å². The molecule has 10 rings (SSSR count). The molecule has 8 aromatic carbocycles. The monoisotopic (exact) mass is 973 g/mol. The molecule has 0 unspecified atom stereocenters. The van der Waals surface area contributed by atoms with E-state index in [0.29, 0.717) is 0 Å². The minimum Gasteiger partial charge on any atom is -1.00 e. The van der Waals surface area contributed by atoms with Gasteiger partial charge < -0.3 is 24.8 Å². The second-order valence-electron chi connectivity index (χ2n) is 12.5. The van der Waals surface area contributed by atoms with Crippen molar-refractivity contribution in [1.82, 2.24) is 0 Å². The summed E-state index contributed by atoms with van der Waals surface area (Å²) in [6, 6.07) is 58.0. The summed E-state index contributed by atoms with van der Waals surface area (Å²) in [4.78, 5) is 0. The molecule has 0 aliphatic carbocycles. The average Bonchev–Trinajstić information content (AvgIpc) is 4.09. The molecule has 52 heavy (non-hydrogen) atoms. The van der Waals surface area contributed by atoms with E-state index in [2.05, 4.69) is 158 Å². The first-order valence-corrected chi connectivity index (χ1v) is 21.4. The van der Waals surface area contributed by atoms with Crippen molar-refractivity contribution in [2.75, 3.05) is 30.0 Å². The van der Waals surface area contributed by atoms with Crippen LogP contribution in [0.5, 0.6) is 0 Å². The summed E-state index contributed by atoms with van der Waals surface area (Å²) < 4.78 is 0. The van der Waals surface area contributed by atoms with Crippen LogP contribution in [0, 0.1) is 0 Å². The number of hydrogen-bond donors (Lipinski definition) is 0. The Balaban J connectivity index is 0.000000178. The van der Waals surface area contributed by atoms with Crippen LogP contribution in [0.2, 0.25) is 0 Å². The van der Waals surface area contributed by atoms with Gasteiger partial charge in [0.1, 0.15) is 0 Å². The summed E-state index contributed by atoms with van der Waals surface area (Å²) in [5.41, 5.74) is 5.74. The Morgan fingerprint density at radius 1 is 0.365 bits per heavy atom. The Kier molecular flexibility index (Phi) is 14.6. The van der Waals surface area contributed by atoms with Gasteiger partial charge in [-0.15, -0.1) is 23.2 Å². The van der Waals surface area contributed by atoms with E-state index in [0.717, 1.165) is 0 Å². The van der Waals surface area contributed by atoms with Crippen LogP contribution >= 0.6 is 39.0 Å². The van der Waals surface area contributed by atoms with Gasteiger partial charge in [-0.3, -0.25) is 0 Å². The molecule has 0 radical (unpaired) electrons. The molecule has 8 aromatic rings. The molecule has 264 valence electrons. The van der Waals surface area contributed by atoms with E-state index < -0.39 is 0 Å². The molecule has 0 aromatic heterocycles. The molecule has 2 aliphatic heterocycles. The molecule has 0 atom stereocenters. The Bertz CT molecular complexity index is 2260. The van der Waals surface area contributed by atoms with E-state index in [1.165, 1.54) is 90.0 Å². The quantitative estimate of drug-likeness (QED) is 0.132. The summed E-state index contributed by atoms with van der Waals surface area (Å²) in [5, 5.41) is 14.2. The third-order valence-corrected chi connectivity index (χ3v) is 13.4. The molecule has 0 amide bonds. The van der Waals surface area contributed by atoms with Crippen LogP contribution in [0.3, 0.4) is 0 Å². The molecule has 2 saturated heterocycles. The number of alkyl halides is 2. The Morgan fingerprint density at radius 3 is 1.00 bits per heavy atom. The maximum atomic E-state index is 4.76. The van der Waals surface area contributed by atoms with Gasteiger partial charge in [0.15, 0.2) is 0 Å². The maximum absolute atomic E-state index is 4.76. The molecule has 2 aliphatic rings. The molecular weight excluding hydrogens is 939 g/mol. The smallest absolute Gasteiger partial charge is 1.00 e. The fourth-order valence-corrected chi connectivity index (χ4v) is 10.5. The van der Waals surface area contributed by atoms with Crippen LogP contribution in [0.4, 0.5) is 0 Å². The number of benzene rings is 8. The van der Waals surface area contributed by atoms with E-state index >= 15 is 0 Å². The van der Waals surface area contributed by atoms with E-state index in [9.17, 15) is 0 Å². The summed E-state index contributed by atoms with van der Waals surface area (Å²) in [7, 11) is 0.163. The van der Waals surface area contributed by atoms with Crippen molar-refractivity contribution in [2.45, 2.75) is 0 Å². The number of halogens is 4. The molecule has 0 spiro atoms. The van der Waals surface area contributed by atoms with Crippen molar-refractivity contribution in [3.63, 3.8) is 0 Å². The fraction of sp³-hybridized carbons (Fsp3) is 0.111. The van der Waals surface area contributed by atoms with Gasteiger partial charge in [-0.25, -0.2) is 0 Å². The van der Waals surface area contributed by atoms with E-state index in [1.807, 2.05) is 0 Å². The molecule has 7 heteroatoms. The van der Waals surface area contributed by atoms with Gasteiger partial charge in [-0.2, -0.15) is 0 Å². The zero-order chi connectivity index (χ0) is 33.2. The van der Waals surface area contributed by atoms with E-state index in [-0.39, 0.29) is 67.1 Å². The summed E-state index contributed by atoms with van der Waals surface area (Å²) in [6.45, 7) is 0. The standard InChI is InChI=1S/2C22H17P.CH2Cl2.2ClH.Pt/c2*1-3-9-18-16(6-1)8-5-11-20(18)22-19-10-4-2-7-17(19)12-13-21(22)23-14-15-23;2-1-3;;;/h2*1-13H,14-15H2;1H2;2*1H;/q;;;;;+2/p-2. The maximum Gasteiger partial charge on any atom is 2.00 e. The van der Waals surface area contributed by atoms with Gasteiger partial charge in [-0.05, 0) is 101 Å². The van der Waals surface area contributed by atoms with Gasteiger partial charge in [0.05, 0.1) is 5.34 Å². The summed E-state index contributed by atoms with van der Waals surface area (Å²) in [5.74, 6) is 0. The zero-order valence-corrected chi connectivity index (χ0v) is 35.4. The molecule has 0 saturated carbocycles. The predicted molar refractivity (Wildman–Crippen MR) is 223 cm³/mol. The number of rotatable bonds is 4. The first-order valence-electron chi connectivity index (χ1n) is 16.9. The van der Waals surface area contributed by atoms with Crippen molar-refractivity contribution >= 4 is 92.7 Å². The molecule has 0 bridgehead atoms. The van der Waals surface area contributed by atoms with Crippen LogP contribution in [0.15, 0.2) is 158 Å². The second kappa shape index (κ2) is 18.7. The Labute approximate surface area is 345 Å². The summed E-state index contributed by atoms with van der Waals surface area (Å²) in [6.07, 6.45) is 5.58. The van der Waals surface area contributed by atoms with Gasteiger partial charge in [0, 0.05) is 0 Å². The van der Waals surface area contributed by atoms with Crippen molar-refractivity contribution in [3.05, 3.63) is 158 Å². The van der Waals surface area contributed by atoms with Crippen LogP contribution in [-0.2, 0) is 21.1 Å². The predicted octanol–water partition coefficient (Wildman–Crippen LogP) is 6.99. The third kappa shape index (κ3) is 8.57. The van der Waals surface area contributed by atoms with Gasteiger partial charge in [0.2, 0.25) is 0 Å². The zero-order valence-electron chi connectivity index (χ0n) is 28.3. The van der Waals surface area contributed by atoms with Gasteiger partial charge in [0.25, 0.3) is 0 Å². The first kappa shape index (κ1) is 40.7. The molecule has 2 fully saturated rings. The summed E-state index contributed by atoms with van der Waals surface area (Å²) >= 11 is 9.53. The molecule has 0 N–H and O–H groups in total. The molecule has 2 heterocycles. The van der Waals surface area contributed by atoms with Crippen LogP contribution in [0.25, 0.3) is 65.3 Å². The second-order valence-corrected chi connectivity index (χ2v) is 18.2.